The lowest BCUT2D eigenvalue weighted by atomic mass is 9.35. The maximum absolute atomic E-state index is 12.3. The Morgan fingerprint density at radius 3 is 2.45 bits per heavy atom. The highest BCUT2D eigenvalue weighted by Crippen LogP contribution is 2.74. The number of hydrogen-bond acceptors (Lipinski definition) is 4. The number of nitrogens with one attached hydrogen (secondary N) is 1. The van der Waals surface area contributed by atoms with Crippen molar-refractivity contribution in [2.45, 2.75) is 66.8 Å². The zero-order valence-electron chi connectivity index (χ0n) is 18.3. The van der Waals surface area contributed by atoms with Crippen LogP contribution in [0.1, 0.15) is 57.7 Å². The average molecular weight is 398 g/mol. The van der Waals surface area contributed by atoms with Gasteiger partial charge in [-0.15, -0.1) is 0 Å². The van der Waals surface area contributed by atoms with Crippen LogP contribution in [0.2, 0.25) is 0 Å². The number of anilines is 1. The molecular formula is C23H31N3O3. The summed E-state index contributed by atoms with van der Waals surface area (Å²) in [4.78, 5) is 29.0. The van der Waals surface area contributed by atoms with Crippen LogP contribution < -0.4 is 5.32 Å². The van der Waals surface area contributed by atoms with E-state index >= 15 is 0 Å². The maximum atomic E-state index is 12.3. The van der Waals surface area contributed by atoms with Gasteiger partial charge in [0.1, 0.15) is 5.82 Å². The van der Waals surface area contributed by atoms with Crippen molar-refractivity contribution in [3.05, 3.63) is 23.4 Å². The molecule has 2 aromatic rings. The number of ether oxygens (including phenoxy) is 1. The first-order valence-corrected chi connectivity index (χ1v) is 10.3. The minimum absolute atomic E-state index is 0.00872. The van der Waals surface area contributed by atoms with Gasteiger partial charge < -0.3 is 14.6 Å². The Kier molecular flexibility index (Phi) is 4.34. The van der Waals surface area contributed by atoms with Gasteiger partial charge >= 0.3 is 5.97 Å². The number of nitrogens with zero attached hydrogens (tertiary/aromatic N) is 2. The molecule has 3 aliphatic rings. The van der Waals surface area contributed by atoms with Crippen molar-refractivity contribution < 1.29 is 14.3 Å². The SMILES string of the molecule is COC(=O)C12CC(Cn3c(C)cc4nc(NC(=O)CC(C)(C)C)c(C)cc43)(C1)C2. The minimum atomic E-state index is -0.218. The van der Waals surface area contributed by atoms with Crippen LogP contribution in [0, 0.1) is 30.1 Å². The molecule has 1 amide bonds. The Hall–Kier alpha value is -2.37. The van der Waals surface area contributed by atoms with E-state index in [0.717, 1.165) is 48.1 Å². The van der Waals surface area contributed by atoms with E-state index in [4.69, 9.17) is 9.72 Å². The van der Waals surface area contributed by atoms with E-state index in [-0.39, 0.29) is 28.1 Å². The second kappa shape index (κ2) is 6.31. The molecule has 0 unspecified atom stereocenters. The van der Waals surface area contributed by atoms with Gasteiger partial charge in [-0.1, -0.05) is 20.8 Å². The van der Waals surface area contributed by atoms with Crippen LogP contribution in [0.3, 0.4) is 0 Å². The number of aryl methyl sites for hydroxylation is 2. The smallest absolute Gasteiger partial charge is 0.311 e. The van der Waals surface area contributed by atoms with Crippen LogP contribution in [-0.2, 0) is 20.9 Å². The van der Waals surface area contributed by atoms with Gasteiger partial charge in [-0.05, 0) is 61.6 Å². The first kappa shape index (κ1) is 19.9. The van der Waals surface area contributed by atoms with Crippen LogP contribution in [0.15, 0.2) is 12.1 Å². The summed E-state index contributed by atoms with van der Waals surface area (Å²) in [5.74, 6) is 0.575. The van der Waals surface area contributed by atoms with Gasteiger partial charge in [0, 0.05) is 18.7 Å². The molecule has 5 rings (SSSR count). The van der Waals surface area contributed by atoms with E-state index < -0.39 is 0 Å². The van der Waals surface area contributed by atoms with Crippen LogP contribution >= 0.6 is 0 Å². The van der Waals surface area contributed by atoms with Crippen molar-refractivity contribution in [2.75, 3.05) is 12.4 Å². The quantitative estimate of drug-likeness (QED) is 0.760. The van der Waals surface area contributed by atoms with E-state index in [9.17, 15) is 9.59 Å². The molecule has 2 aromatic heterocycles. The van der Waals surface area contributed by atoms with E-state index in [0.29, 0.717) is 12.2 Å². The average Bonchev–Trinajstić information content (AvgIpc) is 2.82. The monoisotopic (exact) mass is 397 g/mol. The number of carbonyl (C=O) groups excluding carboxylic acids is 2. The van der Waals surface area contributed by atoms with Crippen molar-refractivity contribution in [3.8, 4) is 0 Å². The Bertz CT molecular complexity index is 993. The Balaban J connectivity index is 1.54. The highest BCUT2D eigenvalue weighted by Gasteiger charge is 2.72. The maximum Gasteiger partial charge on any atom is 0.311 e. The molecule has 2 bridgehead atoms. The summed E-state index contributed by atoms with van der Waals surface area (Å²) in [5, 5.41) is 2.98. The lowest BCUT2D eigenvalue weighted by Gasteiger charge is -2.68. The predicted molar refractivity (Wildman–Crippen MR) is 113 cm³/mol. The van der Waals surface area contributed by atoms with Crippen molar-refractivity contribution >= 4 is 28.7 Å². The summed E-state index contributed by atoms with van der Waals surface area (Å²) in [6, 6.07) is 4.19. The molecule has 6 heteroatoms. The molecule has 3 aliphatic carbocycles. The second-order valence-corrected chi connectivity index (χ2v) is 10.5. The van der Waals surface area contributed by atoms with Crippen LogP contribution in [0.4, 0.5) is 5.82 Å². The third-order valence-corrected chi connectivity index (χ3v) is 6.48. The summed E-state index contributed by atoms with van der Waals surface area (Å²) in [6.45, 7) is 11.1. The lowest BCUT2D eigenvalue weighted by molar-refractivity contribution is -0.229. The summed E-state index contributed by atoms with van der Waals surface area (Å²) >= 11 is 0. The number of hydrogen-bond donors (Lipinski definition) is 1. The molecule has 1 N–H and O–H groups in total. The van der Waals surface area contributed by atoms with Gasteiger partial charge in [-0.3, -0.25) is 9.59 Å². The molecule has 29 heavy (non-hydrogen) atoms. The summed E-state index contributed by atoms with van der Waals surface area (Å²) in [5.41, 5.74) is 4.03. The van der Waals surface area contributed by atoms with Gasteiger partial charge in [-0.2, -0.15) is 0 Å². The van der Waals surface area contributed by atoms with Crippen molar-refractivity contribution in [2.24, 2.45) is 16.2 Å². The third-order valence-electron chi connectivity index (χ3n) is 6.48. The van der Waals surface area contributed by atoms with Gasteiger partial charge in [0.2, 0.25) is 5.91 Å². The molecule has 0 spiro atoms. The molecule has 0 aromatic carbocycles. The van der Waals surface area contributed by atoms with E-state index in [1.54, 1.807) is 0 Å². The summed E-state index contributed by atoms with van der Waals surface area (Å²) in [7, 11) is 1.48. The number of aromatic nitrogens is 2. The van der Waals surface area contributed by atoms with Crippen molar-refractivity contribution in [1.29, 1.82) is 0 Å². The summed E-state index contributed by atoms with van der Waals surface area (Å²) < 4.78 is 7.29. The zero-order valence-corrected chi connectivity index (χ0v) is 18.3. The van der Waals surface area contributed by atoms with Gasteiger partial charge in [0.25, 0.3) is 0 Å². The normalized spacial score (nSPS) is 25.3. The van der Waals surface area contributed by atoms with E-state index in [2.05, 4.69) is 49.7 Å². The largest absolute Gasteiger partial charge is 0.469 e. The van der Waals surface area contributed by atoms with Crippen molar-refractivity contribution in [1.82, 2.24) is 9.55 Å². The first-order valence-electron chi connectivity index (χ1n) is 10.3. The van der Waals surface area contributed by atoms with Gasteiger partial charge in [0.05, 0.1) is 23.6 Å². The minimum Gasteiger partial charge on any atom is -0.469 e. The zero-order chi connectivity index (χ0) is 21.2. The molecule has 3 fully saturated rings. The predicted octanol–water partition coefficient (Wildman–Crippen LogP) is 4.37. The van der Waals surface area contributed by atoms with Crippen molar-refractivity contribution in [3.63, 3.8) is 0 Å². The number of fused-ring (bicyclic) bond motifs is 1. The molecular weight excluding hydrogens is 366 g/mol. The Morgan fingerprint density at radius 2 is 1.86 bits per heavy atom. The fraction of sp³-hybridized carbons (Fsp3) is 0.609. The first-order chi connectivity index (χ1) is 13.5. The molecule has 0 saturated heterocycles. The Labute approximate surface area is 172 Å². The number of pyridine rings is 1. The topological polar surface area (TPSA) is 73.2 Å². The third kappa shape index (κ3) is 3.32. The van der Waals surface area contributed by atoms with Gasteiger partial charge in [0.15, 0.2) is 0 Å². The number of esters is 1. The lowest BCUT2D eigenvalue weighted by Crippen LogP contribution is -2.67. The number of methoxy groups -OCH3 is 1. The second-order valence-electron chi connectivity index (χ2n) is 10.5. The highest BCUT2D eigenvalue weighted by atomic mass is 16.5. The molecule has 6 nitrogen and oxygen atoms in total. The summed E-state index contributed by atoms with van der Waals surface area (Å²) in [6.07, 6.45) is 3.20. The van der Waals surface area contributed by atoms with Crippen LogP contribution in [-0.4, -0.2) is 28.5 Å². The Morgan fingerprint density at radius 1 is 1.21 bits per heavy atom. The van der Waals surface area contributed by atoms with Crippen LogP contribution in [0.5, 0.6) is 0 Å². The van der Waals surface area contributed by atoms with E-state index in [1.807, 2.05) is 6.92 Å². The molecule has 2 heterocycles. The number of rotatable bonds is 5. The molecule has 0 atom stereocenters. The molecule has 0 radical (unpaired) electrons. The highest BCUT2D eigenvalue weighted by molar-refractivity contribution is 5.92. The standard InChI is InChI=1S/C23H31N3O3/c1-14-7-17-16(24-19(14)25-18(27)9-21(3,4)5)8-15(2)26(17)13-22-10-23(11-22,12-22)20(28)29-6/h7-8H,9-13H2,1-6H3,(H,24,25,27). The number of carbonyl (C=O) groups is 2. The van der Waals surface area contributed by atoms with Crippen LogP contribution in [0.25, 0.3) is 11.0 Å². The molecule has 156 valence electrons. The fourth-order valence-corrected chi connectivity index (χ4v) is 5.33. The molecule has 3 saturated carbocycles. The number of amides is 1. The fourth-order valence-electron chi connectivity index (χ4n) is 5.33. The molecule has 0 aliphatic heterocycles. The van der Waals surface area contributed by atoms with Gasteiger partial charge in [-0.25, -0.2) is 4.98 Å². The van der Waals surface area contributed by atoms with E-state index in [1.165, 1.54) is 7.11 Å².